The largest absolute Gasteiger partial charge is 0.397 e. The fraction of sp³-hybridized carbons (Fsp3) is 1.00. The number of aliphatic hydroxyl groups is 2. The third kappa shape index (κ3) is 5.38. The van der Waals surface area contributed by atoms with Crippen LogP contribution >= 0.6 is 0 Å². The predicted molar refractivity (Wildman–Crippen MR) is 130 cm³/mol. The van der Waals surface area contributed by atoms with Crippen LogP contribution in [0.3, 0.4) is 0 Å². The van der Waals surface area contributed by atoms with Gasteiger partial charge < -0.3 is 10.2 Å². The maximum absolute atomic E-state index is 12.0. The molecule has 10 nitrogen and oxygen atoms in total. The Morgan fingerprint density at radius 3 is 2.28 bits per heavy atom. The van der Waals surface area contributed by atoms with Crippen LogP contribution in [0.4, 0.5) is 0 Å². The van der Waals surface area contributed by atoms with E-state index in [1.165, 1.54) is 0 Å². The molecule has 4 rings (SSSR count). The van der Waals surface area contributed by atoms with Crippen molar-refractivity contribution in [3.8, 4) is 0 Å². The summed E-state index contributed by atoms with van der Waals surface area (Å²) < 4.78 is 74.1. The van der Waals surface area contributed by atoms with Gasteiger partial charge in [0.15, 0.2) is 0 Å². The Labute approximate surface area is 215 Å². The highest BCUT2D eigenvalue weighted by molar-refractivity contribution is 7.81. The van der Waals surface area contributed by atoms with Gasteiger partial charge in [-0.15, -0.1) is 0 Å². The lowest BCUT2D eigenvalue weighted by Gasteiger charge is -2.63. The molecule has 4 aliphatic carbocycles. The summed E-state index contributed by atoms with van der Waals surface area (Å²) in [6.07, 6.45) is 4.09. The number of rotatable bonds is 8. The zero-order valence-electron chi connectivity index (χ0n) is 21.3. The van der Waals surface area contributed by atoms with Gasteiger partial charge in [-0.1, -0.05) is 20.8 Å². The van der Waals surface area contributed by atoms with Gasteiger partial charge in [-0.25, -0.2) is 8.37 Å². The van der Waals surface area contributed by atoms with E-state index in [0.29, 0.717) is 38.5 Å². The molecule has 12 heteroatoms. The van der Waals surface area contributed by atoms with Crippen molar-refractivity contribution in [2.24, 2.45) is 46.3 Å². The molecule has 0 aromatic carbocycles. The van der Waals surface area contributed by atoms with Crippen molar-refractivity contribution >= 4 is 20.8 Å². The zero-order valence-corrected chi connectivity index (χ0v) is 23.0. The molecule has 11 atom stereocenters. The lowest BCUT2D eigenvalue weighted by atomic mass is 9.43. The average molecular weight is 555 g/mol. The van der Waals surface area contributed by atoms with Crippen molar-refractivity contribution in [3.63, 3.8) is 0 Å². The van der Waals surface area contributed by atoms with E-state index >= 15 is 0 Å². The summed E-state index contributed by atoms with van der Waals surface area (Å²) in [4.78, 5) is 0. The maximum Gasteiger partial charge on any atom is 0.397 e. The summed E-state index contributed by atoms with van der Waals surface area (Å²) in [5.74, 6) is 0.250. The molecule has 4 N–H and O–H groups in total. The third-order valence-corrected chi connectivity index (χ3v) is 11.7. The predicted octanol–water partition coefficient (Wildman–Crippen LogP) is 3.01. The highest BCUT2D eigenvalue weighted by Crippen LogP contribution is 2.69. The number of aliphatic hydroxyl groups excluding tert-OH is 2. The Hall–Kier alpha value is -0.340. The molecule has 0 unspecified atom stereocenters. The molecule has 0 heterocycles. The van der Waals surface area contributed by atoms with Gasteiger partial charge >= 0.3 is 20.8 Å². The van der Waals surface area contributed by atoms with Gasteiger partial charge in [0.2, 0.25) is 0 Å². The molecule has 0 amide bonds. The lowest BCUT2D eigenvalue weighted by molar-refractivity contribution is -0.202. The monoisotopic (exact) mass is 554 g/mol. The van der Waals surface area contributed by atoms with Crippen molar-refractivity contribution in [3.05, 3.63) is 0 Å². The Morgan fingerprint density at radius 1 is 0.944 bits per heavy atom. The first-order chi connectivity index (χ1) is 16.6. The summed E-state index contributed by atoms with van der Waals surface area (Å²) in [6, 6.07) is 0. The van der Waals surface area contributed by atoms with E-state index in [0.717, 1.165) is 19.3 Å². The molecule has 4 aliphatic rings. The number of fused-ring (bicyclic) bond motifs is 5. The molecule has 0 spiro atoms. The van der Waals surface area contributed by atoms with E-state index in [1.54, 1.807) is 0 Å². The Balaban J connectivity index is 1.62. The Kier molecular flexibility index (Phi) is 7.96. The van der Waals surface area contributed by atoms with Gasteiger partial charge in [0, 0.05) is 5.41 Å². The zero-order chi connectivity index (χ0) is 26.7. The first kappa shape index (κ1) is 28.7. The Morgan fingerprint density at radius 2 is 1.64 bits per heavy atom. The highest BCUT2D eigenvalue weighted by atomic mass is 32.3. The minimum Gasteiger partial charge on any atom is -0.393 e. The first-order valence-electron chi connectivity index (χ1n) is 13.2. The van der Waals surface area contributed by atoms with E-state index in [1.807, 2.05) is 13.8 Å². The van der Waals surface area contributed by atoms with Crippen LogP contribution in [0.1, 0.15) is 78.6 Å². The summed E-state index contributed by atoms with van der Waals surface area (Å²) in [5, 5.41) is 21.7. The van der Waals surface area contributed by atoms with Crippen molar-refractivity contribution in [1.29, 1.82) is 0 Å². The standard InChI is InChI=1S/C24H42O10S2/c1-14(5-4-10-33-35(27,28)29)17-6-7-18-22-19(13-21(24(17,18)3)34-36(30,31)32)23(2)9-8-16(25)11-15(23)12-20(22)26/h14-22,25-26H,4-13H2,1-3H3,(H,27,28,29)(H,30,31,32)/t14-,15-,16-,17-,18+,19+,20-,21+,22+,23+,24-/m1/s1. The van der Waals surface area contributed by atoms with Crippen LogP contribution in [0.5, 0.6) is 0 Å². The number of hydrogen-bond donors (Lipinski definition) is 4. The second-order valence-corrected chi connectivity index (χ2v) is 14.5. The molecule has 210 valence electrons. The van der Waals surface area contributed by atoms with Crippen LogP contribution in [0, 0.1) is 46.3 Å². The molecule has 4 saturated carbocycles. The normalized spacial score (nSPS) is 46.0. The van der Waals surface area contributed by atoms with E-state index in [-0.39, 0.29) is 53.6 Å². The molecule has 0 bridgehead atoms. The minimum atomic E-state index is -4.71. The van der Waals surface area contributed by atoms with Crippen LogP contribution < -0.4 is 0 Å². The molecular formula is C24H42O10S2. The summed E-state index contributed by atoms with van der Waals surface area (Å²) in [7, 11) is -9.21. The van der Waals surface area contributed by atoms with Crippen molar-refractivity contribution < 1.29 is 44.5 Å². The van der Waals surface area contributed by atoms with Gasteiger partial charge in [0.05, 0.1) is 24.9 Å². The van der Waals surface area contributed by atoms with Crippen LogP contribution in [0.25, 0.3) is 0 Å². The molecule has 0 aliphatic heterocycles. The number of hydrogen-bond acceptors (Lipinski definition) is 8. The summed E-state index contributed by atoms with van der Waals surface area (Å²) in [6.45, 7) is 6.14. The molecule has 0 aromatic heterocycles. The van der Waals surface area contributed by atoms with Crippen molar-refractivity contribution in [1.82, 2.24) is 0 Å². The SMILES string of the molecule is C[C@H](CCCOS(=O)(=O)O)[C@H]1CC[C@H]2[C@@H]3[C@H](O)C[C@H]4C[C@H](O)CC[C@]4(C)[C@H]3C[C@H](OS(=O)(=O)O)[C@]12C. The maximum atomic E-state index is 12.0. The van der Waals surface area contributed by atoms with E-state index in [9.17, 15) is 31.6 Å². The second-order valence-electron chi connectivity index (χ2n) is 12.4. The molecule has 4 fully saturated rings. The van der Waals surface area contributed by atoms with Crippen LogP contribution in [-0.4, -0.2) is 61.1 Å². The van der Waals surface area contributed by atoms with Crippen molar-refractivity contribution in [2.45, 2.75) is 96.9 Å². The van der Waals surface area contributed by atoms with E-state index < -0.39 is 38.4 Å². The summed E-state index contributed by atoms with van der Waals surface area (Å²) >= 11 is 0. The fourth-order valence-corrected chi connectivity index (χ4v) is 10.1. The first-order valence-corrected chi connectivity index (χ1v) is 15.9. The Bertz CT molecular complexity index is 1020. The summed E-state index contributed by atoms with van der Waals surface area (Å²) in [5.41, 5.74) is -0.763. The molecule has 0 aromatic rings. The molecule has 36 heavy (non-hydrogen) atoms. The average Bonchev–Trinajstić information content (AvgIpc) is 3.09. The van der Waals surface area contributed by atoms with Gasteiger partial charge in [-0.05, 0) is 98.7 Å². The van der Waals surface area contributed by atoms with E-state index in [2.05, 4.69) is 11.1 Å². The third-order valence-electron chi connectivity index (χ3n) is 10.8. The lowest BCUT2D eigenvalue weighted by Crippen LogP contribution is -2.63. The smallest absolute Gasteiger partial charge is 0.393 e. The molecule has 0 radical (unpaired) electrons. The van der Waals surface area contributed by atoms with Crippen LogP contribution in [0.2, 0.25) is 0 Å². The van der Waals surface area contributed by atoms with Gasteiger partial charge in [-0.3, -0.25) is 9.11 Å². The highest BCUT2D eigenvalue weighted by Gasteiger charge is 2.66. The van der Waals surface area contributed by atoms with Crippen LogP contribution in [-0.2, 0) is 29.2 Å². The second kappa shape index (κ2) is 10.0. The minimum absolute atomic E-state index is 0.00384. The molecular weight excluding hydrogens is 512 g/mol. The fourth-order valence-electron chi connectivity index (χ4n) is 9.17. The van der Waals surface area contributed by atoms with E-state index in [4.69, 9.17) is 8.74 Å². The van der Waals surface area contributed by atoms with Gasteiger partial charge in [0.1, 0.15) is 0 Å². The van der Waals surface area contributed by atoms with Crippen LogP contribution in [0.15, 0.2) is 0 Å². The van der Waals surface area contributed by atoms with Crippen molar-refractivity contribution in [2.75, 3.05) is 6.61 Å². The topological polar surface area (TPSA) is 168 Å². The van der Waals surface area contributed by atoms with Gasteiger partial charge in [0.25, 0.3) is 0 Å². The molecule has 0 saturated heterocycles. The van der Waals surface area contributed by atoms with Gasteiger partial charge in [-0.2, -0.15) is 16.8 Å². The quantitative estimate of drug-likeness (QED) is 0.258.